The topological polar surface area (TPSA) is 54.9 Å². The van der Waals surface area contributed by atoms with Gasteiger partial charge in [0.25, 0.3) is 0 Å². The zero-order valence-corrected chi connectivity index (χ0v) is 15.4. The fourth-order valence-electron chi connectivity index (χ4n) is 2.65. The van der Waals surface area contributed by atoms with Gasteiger partial charge in [-0.3, -0.25) is 4.99 Å². The van der Waals surface area contributed by atoms with Gasteiger partial charge in [0.15, 0.2) is 17.5 Å². The lowest BCUT2D eigenvalue weighted by Crippen LogP contribution is -2.36. The molecule has 0 aliphatic rings. The van der Waals surface area contributed by atoms with Crippen molar-refractivity contribution in [1.82, 2.24) is 10.6 Å². The smallest absolute Gasteiger partial charge is 0.191 e. The predicted octanol–water partition coefficient (Wildman–Crippen LogP) is 3.13. The van der Waals surface area contributed by atoms with E-state index in [4.69, 9.17) is 9.47 Å². The Morgan fingerprint density at radius 2 is 1.60 bits per heavy atom. The van der Waals surface area contributed by atoms with E-state index in [0.717, 1.165) is 36.0 Å². The van der Waals surface area contributed by atoms with E-state index in [1.54, 1.807) is 21.3 Å². The predicted molar refractivity (Wildman–Crippen MR) is 102 cm³/mol. The molecule has 5 nitrogen and oxygen atoms in total. The van der Waals surface area contributed by atoms with Gasteiger partial charge in [-0.25, -0.2) is 0 Å². The molecule has 2 aromatic rings. The summed E-state index contributed by atoms with van der Waals surface area (Å²) in [6.07, 6.45) is 1.02. The number of aliphatic imine (C=N–C) groups is 1. The highest BCUT2D eigenvalue weighted by atomic mass is 16.5. The molecule has 0 atom stereocenters. The molecule has 0 saturated carbocycles. The van der Waals surface area contributed by atoms with Crippen molar-refractivity contribution in [3.05, 3.63) is 59.2 Å². The van der Waals surface area contributed by atoms with Gasteiger partial charge in [-0.15, -0.1) is 0 Å². The molecular weight excluding hydrogens is 314 g/mol. The Morgan fingerprint density at radius 3 is 2.24 bits per heavy atom. The number of hydrogen-bond acceptors (Lipinski definition) is 3. The molecule has 0 aromatic heterocycles. The number of benzene rings is 2. The van der Waals surface area contributed by atoms with Crippen LogP contribution >= 0.6 is 0 Å². The second kappa shape index (κ2) is 9.57. The van der Waals surface area contributed by atoms with E-state index >= 15 is 0 Å². The Balaban J connectivity index is 1.94. The molecule has 0 aliphatic carbocycles. The average Bonchev–Trinajstić information content (AvgIpc) is 2.68. The number of nitrogens with zero attached hydrogens (tertiary/aromatic N) is 1. The van der Waals surface area contributed by atoms with Crippen molar-refractivity contribution in [2.24, 2.45) is 4.99 Å². The zero-order valence-electron chi connectivity index (χ0n) is 15.4. The van der Waals surface area contributed by atoms with Crippen LogP contribution < -0.4 is 20.1 Å². The SMILES string of the molecule is CCc1ccccc1CNC(=NC)NCc1ccc(OC)c(OC)c1. The van der Waals surface area contributed by atoms with Gasteiger partial charge in [-0.2, -0.15) is 0 Å². The van der Waals surface area contributed by atoms with Crippen molar-refractivity contribution >= 4 is 5.96 Å². The number of rotatable bonds is 7. The second-order valence-electron chi connectivity index (χ2n) is 5.59. The number of ether oxygens (including phenoxy) is 2. The van der Waals surface area contributed by atoms with Crippen molar-refractivity contribution in [3.63, 3.8) is 0 Å². The number of aryl methyl sites for hydroxylation is 1. The molecule has 2 rings (SSSR count). The Morgan fingerprint density at radius 1 is 0.920 bits per heavy atom. The van der Waals surface area contributed by atoms with Crippen LogP contribution in [-0.4, -0.2) is 27.2 Å². The summed E-state index contributed by atoms with van der Waals surface area (Å²) in [7, 11) is 5.05. The van der Waals surface area contributed by atoms with Crippen LogP contribution in [0.15, 0.2) is 47.5 Å². The molecule has 2 N–H and O–H groups in total. The summed E-state index contributed by atoms with van der Waals surface area (Å²) in [5, 5.41) is 6.69. The maximum atomic E-state index is 5.34. The molecule has 0 amide bonds. The van der Waals surface area contributed by atoms with Crippen LogP contribution in [0.5, 0.6) is 11.5 Å². The molecule has 134 valence electrons. The minimum absolute atomic E-state index is 0.648. The summed E-state index contributed by atoms with van der Waals surface area (Å²) in [6.45, 7) is 3.56. The van der Waals surface area contributed by atoms with Crippen LogP contribution in [0, 0.1) is 0 Å². The minimum atomic E-state index is 0.648. The normalized spacial score (nSPS) is 11.1. The lowest BCUT2D eigenvalue weighted by Gasteiger charge is -2.15. The van der Waals surface area contributed by atoms with Crippen LogP contribution in [0.2, 0.25) is 0 Å². The first-order valence-corrected chi connectivity index (χ1v) is 8.44. The quantitative estimate of drug-likeness (QED) is 0.600. The maximum Gasteiger partial charge on any atom is 0.191 e. The lowest BCUT2D eigenvalue weighted by atomic mass is 10.1. The molecule has 0 radical (unpaired) electrons. The minimum Gasteiger partial charge on any atom is -0.493 e. The van der Waals surface area contributed by atoms with E-state index in [9.17, 15) is 0 Å². The number of nitrogens with one attached hydrogen (secondary N) is 2. The Bertz CT molecular complexity index is 714. The van der Waals surface area contributed by atoms with E-state index in [2.05, 4.69) is 46.8 Å². The molecule has 0 fully saturated rings. The summed E-state index contributed by atoms with van der Waals surface area (Å²) >= 11 is 0. The van der Waals surface area contributed by atoms with E-state index in [0.29, 0.717) is 6.54 Å². The van der Waals surface area contributed by atoms with Crippen LogP contribution in [0.25, 0.3) is 0 Å². The van der Waals surface area contributed by atoms with E-state index in [1.165, 1.54) is 11.1 Å². The molecular formula is C20H27N3O2. The van der Waals surface area contributed by atoms with Gasteiger partial charge in [0, 0.05) is 20.1 Å². The molecule has 2 aromatic carbocycles. The number of guanidine groups is 1. The molecule has 0 spiro atoms. The van der Waals surface area contributed by atoms with E-state index in [1.807, 2.05) is 18.2 Å². The Kier molecular flexibility index (Phi) is 7.14. The highest BCUT2D eigenvalue weighted by Gasteiger charge is 2.06. The maximum absolute atomic E-state index is 5.34. The van der Waals surface area contributed by atoms with Crippen molar-refractivity contribution in [2.45, 2.75) is 26.4 Å². The first-order chi connectivity index (χ1) is 12.2. The second-order valence-corrected chi connectivity index (χ2v) is 5.59. The summed E-state index contributed by atoms with van der Waals surface area (Å²) in [6, 6.07) is 14.3. The van der Waals surface area contributed by atoms with Gasteiger partial charge in [-0.05, 0) is 35.2 Å². The summed E-state index contributed by atoms with van der Waals surface area (Å²) in [5.74, 6) is 2.22. The van der Waals surface area contributed by atoms with Crippen molar-refractivity contribution in [3.8, 4) is 11.5 Å². The third-order valence-corrected chi connectivity index (χ3v) is 4.08. The molecule has 25 heavy (non-hydrogen) atoms. The number of methoxy groups -OCH3 is 2. The monoisotopic (exact) mass is 341 g/mol. The first-order valence-electron chi connectivity index (χ1n) is 8.44. The highest BCUT2D eigenvalue weighted by molar-refractivity contribution is 5.79. The zero-order chi connectivity index (χ0) is 18.1. The average molecular weight is 341 g/mol. The third-order valence-electron chi connectivity index (χ3n) is 4.08. The lowest BCUT2D eigenvalue weighted by molar-refractivity contribution is 0.354. The van der Waals surface area contributed by atoms with Gasteiger partial charge in [0.1, 0.15) is 0 Å². The molecule has 0 aliphatic heterocycles. The van der Waals surface area contributed by atoms with Crippen LogP contribution in [0.1, 0.15) is 23.6 Å². The largest absolute Gasteiger partial charge is 0.493 e. The molecule has 5 heteroatoms. The highest BCUT2D eigenvalue weighted by Crippen LogP contribution is 2.27. The van der Waals surface area contributed by atoms with Gasteiger partial charge in [0.2, 0.25) is 0 Å². The molecule has 0 unspecified atom stereocenters. The van der Waals surface area contributed by atoms with Crippen LogP contribution in [0.3, 0.4) is 0 Å². The fourth-order valence-corrected chi connectivity index (χ4v) is 2.65. The fraction of sp³-hybridized carbons (Fsp3) is 0.350. The third kappa shape index (κ3) is 5.14. The Labute approximate surface area is 150 Å². The standard InChI is InChI=1S/C20H27N3O2/c1-5-16-8-6-7-9-17(16)14-23-20(21-2)22-13-15-10-11-18(24-3)19(12-15)25-4/h6-12H,5,13-14H2,1-4H3,(H2,21,22,23). The summed E-state index contributed by atoms with van der Waals surface area (Å²) < 4.78 is 10.6. The molecule has 0 saturated heterocycles. The first kappa shape index (κ1) is 18.6. The summed E-state index contributed by atoms with van der Waals surface area (Å²) in [5.41, 5.74) is 3.74. The molecule has 0 heterocycles. The van der Waals surface area contributed by atoms with E-state index in [-0.39, 0.29) is 0 Å². The summed E-state index contributed by atoms with van der Waals surface area (Å²) in [4.78, 5) is 4.29. The Hall–Kier alpha value is -2.69. The van der Waals surface area contributed by atoms with Crippen molar-refractivity contribution < 1.29 is 9.47 Å². The van der Waals surface area contributed by atoms with E-state index < -0.39 is 0 Å². The van der Waals surface area contributed by atoms with Gasteiger partial charge >= 0.3 is 0 Å². The van der Waals surface area contributed by atoms with Crippen LogP contribution in [-0.2, 0) is 19.5 Å². The van der Waals surface area contributed by atoms with Crippen molar-refractivity contribution in [2.75, 3.05) is 21.3 Å². The van der Waals surface area contributed by atoms with Crippen LogP contribution in [0.4, 0.5) is 0 Å². The van der Waals surface area contributed by atoms with Gasteiger partial charge in [0.05, 0.1) is 14.2 Å². The molecule has 0 bridgehead atoms. The van der Waals surface area contributed by atoms with Crippen molar-refractivity contribution in [1.29, 1.82) is 0 Å². The van der Waals surface area contributed by atoms with Gasteiger partial charge < -0.3 is 20.1 Å². The van der Waals surface area contributed by atoms with Gasteiger partial charge in [-0.1, -0.05) is 37.3 Å². The number of hydrogen-bond donors (Lipinski definition) is 2.